The van der Waals surface area contributed by atoms with Gasteiger partial charge in [-0.3, -0.25) is 9.59 Å². The molecular weight excluding hydrogens is 323 g/mol. The predicted octanol–water partition coefficient (Wildman–Crippen LogP) is 4.30. The maximum atomic E-state index is 12.3. The molecule has 0 saturated heterocycles. The quantitative estimate of drug-likeness (QED) is 0.555. The first-order valence-corrected chi connectivity index (χ1v) is 7.18. The lowest BCUT2D eigenvalue weighted by Gasteiger charge is -2.04. The first kappa shape index (κ1) is 14.6. The van der Waals surface area contributed by atoms with Crippen molar-refractivity contribution in [3.05, 3.63) is 64.3 Å². The highest BCUT2D eigenvalue weighted by molar-refractivity contribution is 6.48. The van der Waals surface area contributed by atoms with E-state index in [9.17, 15) is 9.59 Å². The van der Waals surface area contributed by atoms with Crippen molar-refractivity contribution in [3.63, 3.8) is 0 Å². The van der Waals surface area contributed by atoms with Gasteiger partial charge in [-0.1, -0.05) is 29.3 Å². The summed E-state index contributed by atoms with van der Waals surface area (Å²) in [5.74, 6) is -1.38. The van der Waals surface area contributed by atoms with Gasteiger partial charge in [0, 0.05) is 32.8 Å². The number of Topliss-reactive ketones (excluding diaryl/α,β-unsaturated/α-hetero) is 1. The fourth-order valence-electron chi connectivity index (χ4n) is 2.16. The van der Waals surface area contributed by atoms with E-state index in [2.05, 4.69) is 10.3 Å². The Morgan fingerprint density at radius 1 is 1.00 bits per heavy atom. The van der Waals surface area contributed by atoms with Gasteiger partial charge in [-0.25, -0.2) is 0 Å². The van der Waals surface area contributed by atoms with Crippen LogP contribution in [-0.2, 0) is 4.79 Å². The molecule has 0 saturated carbocycles. The normalized spacial score (nSPS) is 10.6. The monoisotopic (exact) mass is 332 g/mol. The zero-order valence-corrected chi connectivity index (χ0v) is 12.7. The van der Waals surface area contributed by atoms with Crippen molar-refractivity contribution in [2.45, 2.75) is 0 Å². The molecule has 0 atom stereocenters. The van der Waals surface area contributed by atoms with Crippen LogP contribution in [0.15, 0.2) is 48.7 Å². The van der Waals surface area contributed by atoms with Crippen molar-refractivity contribution in [3.8, 4) is 0 Å². The third-order valence-corrected chi connectivity index (χ3v) is 3.65. The maximum absolute atomic E-state index is 12.3. The first-order valence-electron chi connectivity index (χ1n) is 6.42. The summed E-state index contributed by atoms with van der Waals surface area (Å²) in [6, 6.07) is 11.7. The molecule has 0 aliphatic carbocycles. The number of halogens is 2. The van der Waals surface area contributed by atoms with Crippen molar-refractivity contribution >= 4 is 51.5 Å². The number of rotatable bonds is 3. The number of hydrogen-bond acceptors (Lipinski definition) is 2. The Balaban J connectivity index is 1.89. The SMILES string of the molecule is O=C(Nc1cccc(Cl)c1)C(=O)c1c[nH]c2ccc(Cl)cc12. The van der Waals surface area contributed by atoms with Gasteiger partial charge in [-0.05, 0) is 36.4 Å². The molecule has 3 rings (SSSR count). The van der Waals surface area contributed by atoms with Gasteiger partial charge in [0.25, 0.3) is 11.7 Å². The lowest BCUT2D eigenvalue weighted by molar-refractivity contribution is -0.112. The van der Waals surface area contributed by atoms with Crippen LogP contribution in [-0.4, -0.2) is 16.7 Å². The Labute approximate surface area is 136 Å². The standard InChI is InChI=1S/C16H10Cl2N2O2/c17-9-2-1-3-11(6-9)20-16(22)15(21)13-8-19-14-5-4-10(18)7-12(13)14/h1-8,19H,(H,20,22). The van der Waals surface area contributed by atoms with E-state index < -0.39 is 11.7 Å². The van der Waals surface area contributed by atoms with Crippen LogP contribution in [0.3, 0.4) is 0 Å². The number of aromatic nitrogens is 1. The van der Waals surface area contributed by atoms with Gasteiger partial charge in [0.2, 0.25) is 0 Å². The molecule has 1 heterocycles. The highest BCUT2D eigenvalue weighted by atomic mass is 35.5. The molecule has 1 amide bonds. The van der Waals surface area contributed by atoms with Crippen molar-refractivity contribution in [2.75, 3.05) is 5.32 Å². The number of H-pyrrole nitrogens is 1. The second-order valence-corrected chi connectivity index (χ2v) is 5.56. The van der Waals surface area contributed by atoms with Gasteiger partial charge in [0.05, 0.1) is 5.56 Å². The van der Waals surface area contributed by atoms with E-state index in [0.717, 1.165) is 5.52 Å². The van der Waals surface area contributed by atoms with Crippen molar-refractivity contribution < 1.29 is 9.59 Å². The van der Waals surface area contributed by atoms with Crippen molar-refractivity contribution in [2.24, 2.45) is 0 Å². The Morgan fingerprint density at radius 2 is 1.77 bits per heavy atom. The van der Waals surface area contributed by atoms with Crippen LogP contribution in [0.4, 0.5) is 5.69 Å². The van der Waals surface area contributed by atoms with E-state index in [-0.39, 0.29) is 5.56 Å². The van der Waals surface area contributed by atoms with E-state index in [1.165, 1.54) is 6.20 Å². The van der Waals surface area contributed by atoms with Gasteiger partial charge in [-0.2, -0.15) is 0 Å². The number of benzene rings is 2. The number of fused-ring (bicyclic) bond motifs is 1. The van der Waals surface area contributed by atoms with Gasteiger partial charge in [-0.15, -0.1) is 0 Å². The Morgan fingerprint density at radius 3 is 2.55 bits per heavy atom. The van der Waals surface area contributed by atoms with Gasteiger partial charge in [0.15, 0.2) is 0 Å². The molecular formula is C16H10Cl2N2O2. The summed E-state index contributed by atoms with van der Waals surface area (Å²) < 4.78 is 0. The molecule has 6 heteroatoms. The molecule has 1 aromatic heterocycles. The second-order valence-electron chi connectivity index (χ2n) is 4.69. The van der Waals surface area contributed by atoms with Crippen LogP contribution in [0.1, 0.15) is 10.4 Å². The first-order chi connectivity index (χ1) is 10.5. The largest absolute Gasteiger partial charge is 0.360 e. The summed E-state index contributed by atoms with van der Waals surface area (Å²) in [6.45, 7) is 0. The summed E-state index contributed by atoms with van der Waals surface area (Å²) in [5.41, 5.74) is 1.48. The fraction of sp³-hybridized carbons (Fsp3) is 0. The number of amides is 1. The molecule has 4 nitrogen and oxygen atoms in total. The fourth-order valence-corrected chi connectivity index (χ4v) is 2.52. The Bertz CT molecular complexity index is 887. The second kappa shape index (κ2) is 5.83. The number of carbonyl (C=O) groups is 2. The molecule has 0 bridgehead atoms. The number of aromatic amines is 1. The third kappa shape index (κ3) is 2.84. The Kier molecular flexibility index (Phi) is 3.88. The minimum Gasteiger partial charge on any atom is -0.360 e. The molecule has 0 unspecified atom stereocenters. The molecule has 2 aromatic carbocycles. The van der Waals surface area contributed by atoms with Crippen molar-refractivity contribution in [1.82, 2.24) is 4.98 Å². The van der Waals surface area contributed by atoms with Gasteiger partial charge < -0.3 is 10.3 Å². The summed E-state index contributed by atoms with van der Waals surface area (Å²) in [5, 5.41) is 4.11. The number of ketones is 1. The number of carbonyl (C=O) groups excluding carboxylic acids is 2. The molecule has 0 aliphatic heterocycles. The number of hydrogen-bond donors (Lipinski definition) is 2. The predicted molar refractivity (Wildman–Crippen MR) is 87.7 cm³/mol. The summed E-state index contributed by atoms with van der Waals surface area (Å²) in [7, 11) is 0. The smallest absolute Gasteiger partial charge is 0.296 e. The summed E-state index contributed by atoms with van der Waals surface area (Å²) in [4.78, 5) is 27.4. The molecule has 0 spiro atoms. The maximum Gasteiger partial charge on any atom is 0.296 e. The summed E-state index contributed by atoms with van der Waals surface area (Å²) >= 11 is 11.8. The lowest BCUT2D eigenvalue weighted by Crippen LogP contribution is -2.22. The minimum atomic E-state index is -0.733. The van der Waals surface area contributed by atoms with E-state index >= 15 is 0 Å². The van der Waals surface area contributed by atoms with Gasteiger partial charge >= 0.3 is 0 Å². The van der Waals surface area contributed by atoms with E-state index in [4.69, 9.17) is 23.2 Å². The molecule has 3 aromatic rings. The lowest BCUT2D eigenvalue weighted by atomic mass is 10.1. The summed E-state index contributed by atoms with van der Waals surface area (Å²) in [6.07, 6.45) is 1.50. The van der Waals surface area contributed by atoms with Crippen LogP contribution < -0.4 is 5.32 Å². The molecule has 22 heavy (non-hydrogen) atoms. The zero-order chi connectivity index (χ0) is 15.7. The van der Waals surface area contributed by atoms with Crippen LogP contribution in [0.2, 0.25) is 10.0 Å². The highest BCUT2D eigenvalue weighted by Crippen LogP contribution is 2.23. The average Bonchev–Trinajstić information content (AvgIpc) is 2.89. The molecule has 2 N–H and O–H groups in total. The van der Waals surface area contributed by atoms with Crippen LogP contribution in [0.25, 0.3) is 10.9 Å². The number of nitrogens with one attached hydrogen (secondary N) is 2. The topological polar surface area (TPSA) is 62.0 Å². The van der Waals surface area contributed by atoms with Gasteiger partial charge in [0.1, 0.15) is 0 Å². The molecule has 0 fully saturated rings. The average molecular weight is 333 g/mol. The van der Waals surface area contributed by atoms with Crippen LogP contribution in [0, 0.1) is 0 Å². The van der Waals surface area contributed by atoms with E-state index in [0.29, 0.717) is 21.1 Å². The third-order valence-electron chi connectivity index (χ3n) is 3.18. The molecule has 0 radical (unpaired) electrons. The van der Waals surface area contributed by atoms with Crippen LogP contribution >= 0.6 is 23.2 Å². The van der Waals surface area contributed by atoms with E-state index in [1.54, 1.807) is 42.5 Å². The van der Waals surface area contributed by atoms with Crippen LogP contribution in [0.5, 0.6) is 0 Å². The zero-order valence-electron chi connectivity index (χ0n) is 11.2. The minimum absolute atomic E-state index is 0.275. The number of anilines is 1. The van der Waals surface area contributed by atoms with Crippen molar-refractivity contribution in [1.29, 1.82) is 0 Å². The molecule has 0 aliphatic rings. The highest BCUT2D eigenvalue weighted by Gasteiger charge is 2.20. The molecule has 110 valence electrons. The Hall–Kier alpha value is -2.30. The van der Waals surface area contributed by atoms with E-state index in [1.807, 2.05) is 0 Å².